The topological polar surface area (TPSA) is 62.7 Å². The molecule has 0 saturated heterocycles. The summed E-state index contributed by atoms with van der Waals surface area (Å²) in [5, 5.41) is 10.8. The summed E-state index contributed by atoms with van der Waals surface area (Å²) < 4.78 is 1.81. The molecule has 1 aromatic rings. The fraction of sp³-hybridized carbons (Fsp3) is 0.818. The Labute approximate surface area is 105 Å². The van der Waals surface area contributed by atoms with Crippen LogP contribution in [0.2, 0.25) is 0 Å². The molecule has 0 amide bonds. The van der Waals surface area contributed by atoms with Crippen molar-refractivity contribution in [1.82, 2.24) is 20.1 Å². The largest absolute Gasteiger partial charge is 0.344 e. The van der Waals surface area contributed by atoms with E-state index < -0.39 is 0 Å². The van der Waals surface area contributed by atoms with Gasteiger partial charge in [0.2, 0.25) is 0 Å². The van der Waals surface area contributed by atoms with Crippen LogP contribution in [0.25, 0.3) is 0 Å². The zero-order valence-electron chi connectivity index (χ0n) is 10.4. The SMILES string of the molecule is CCCC(CSc1n[nH]c(=O)n1C1CC1)NC. The lowest BCUT2D eigenvalue weighted by Gasteiger charge is -2.14. The fourth-order valence-corrected chi connectivity index (χ4v) is 3.05. The number of aromatic amines is 1. The van der Waals surface area contributed by atoms with Gasteiger partial charge in [-0.2, -0.15) is 0 Å². The number of hydrogen-bond donors (Lipinski definition) is 2. The maximum Gasteiger partial charge on any atom is 0.344 e. The number of rotatable bonds is 7. The van der Waals surface area contributed by atoms with Crippen LogP contribution >= 0.6 is 11.8 Å². The van der Waals surface area contributed by atoms with Crippen LogP contribution in [0.5, 0.6) is 0 Å². The van der Waals surface area contributed by atoms with Gasteiger partial charge in [-0.1, -0.05) is 25.1 Å². The quantitative estimate of drug-likeness (QED) is 0.724. The van der Waals surface area contributed by atoms with Crippen molar-refractivity contribution in [3.05, 3.63) is 10.5 Å². The van der Waals surface area contributed by atoms with Crippen LogP contribution in [0.3, 0.4) is 0 Å². The summed E-state index contributed by atoms with van der Waals surface area (Å²) in [4.78, 5) is 11.6. The van der Waals surface area contributed by atoms with Crippen molar-refractivity contribution in [3.8, 4) is 0 Å². The van der Waals surface area contributed by atoms with Crippen molar-refractivity contribution in [2.24, 2.45) is 0 Å². The third-order valence-corrected chi connectivity index (χ3v) is 4.16. The molecule has 0 aromatic carbocycles. The van der Waals surface area contributed by atoms with Crippen molar-refractivity contribution < 1.29 is 0 Å². The summed E-state index contributed by atoms with van der Waals surface area (Å²) in [6, 6.07) is 0.882. The first-order valence-corrected chi connectivity index (χ1v) is 7.21. The highest BCUT2D eigenvalue weighted by Gasteiger charge is 2.28. The van der Waals surface area contributed by atoms with Gasteiger partial charge in [-0.25, -0.2) is 9.89 Å². The first-order valence-electron chi connectivity index (χ1n) is 6.23. The smallest absolute Gasteiger partial charge is 0.316 e. The molecule has 1 aromatic heterocycles. The third-order valence-electron chi connectivity index (χ3n) is 3.04. The first kappa shape index (κ1) is 12.7. The number of nitrogens with zero attached hydrogens (tertiary/aromatic N) is 2. The average Bonchev–Trinajstić information content (AvgIpc) is 3.09. The zero-order chi connectivity index (χ0) is 12.3. The van der Waals surface area contributed by atoms with E-state index >= 15 is 0 Å². The lowest BCUT2D eigenvalue weighted by atomic mass is 10.2. The van der Waals surface area contributed by atoms with Gasteiger partial charge in [-0.15, -0.1) is 5.10 Å². The predicted octanol–water partition coefficient (Wildman–Crippen LogP) is 1.39. The van der Waals surface area contributed by atoms with Crippen LogP contribution < -0.4 is 11.0 Å². The Balaban J connectivity index is 1.96. The Morgan fingerprint density at radius 1 is 1.65 bits per heavy atom. The second-order valence-electron chi connectivity index (χ2n) is 4.50. The van der Waals surface area contributed by atoms with Gasteiger partial charge in [-0.3, -0.25) is 4.57 Å². The molecule has 2 rings (SSSR count). The van der Waals surface area contributed by atoms with E-state index in [4.69, 9.17) is 0 Å². The maximum absolute atomic E-state index is 11.6. The lowest BCUT2D eigenvalue weighted by molar-refractivity contribution is 0.562. The van der Waals surface area contributed by atoms with Gasteiger partial charge in [-0.05, 0) is 26.3 Å². The Morgan fingerprint density at radius 2 is 2.41 bits per heavy atom. The molecule has 1 fully saturated rings. The number of H-pyrrole nitrogens is 1. The zero-order valence-corrected chi connectivity index (χ0v) is 11.2. The fourth-order valence-electron chi connectivity index (χ4n) is 1.88. The summed E-state index contributed by atoms with van der Waals surface area (Å²) in [5.41, 5.74) is -0.0634. The number of nitrogens with one attached hydrogen (secondary N) is 2. The molecule has 17 heavy (non-hydrogen) atoms. The summed E-state index contributed by atoms with van der Waals surface area (Å²) in [6.07, 6.45) is 4.54. The monoisotopic (exact) mass is 256 g/mol. The van der Waals surface area contributed by atoms with E-state index in [0.717, 1.165) is 30.2 Å². The molecular weight excluding hydrogens is 236 g/mol. The van der Waals surface area contributed by atoms with Gasteiger partial charge >= 0.3 is 5.69 Å². The van der Waals surface area contributed by atoms with Crippen molar-refractivity contribution in [3.63, 3.8) is 0 Å². The third kappa shape index (κ3) is 3.13. The van der Waals surface area contributed by atoms with E-state index in [9.17, 15) is 4.79 Å². The summed E-state index contributed by atoms with van der Waals surface area (Å²) in [7, 11) is 1.99. The molecule has 0 aliphatic heterocycles. The van der Waals surface area contributed by atoms with Crippen molar-refractivity contribution in [2.75, 3.05) is 12.8 Å². The minimum atomic E-state index is -0.0634. The molecule has 1 heterocycles. The Bertz CT molecular complexity index is 410. The molecule has 1 atom stereocenters. The number of thioether (sulfide) groups is 1. The van der Waals surface area contributed by atoms with Crippen LogP contribution in [-0.4, -0.2) is 33.6 Å². The Kier molecular flexibility index (Phi) is 4.28. The predicted molar refractivity (Wildman–Crippen MR) is 69.6 cm³/mol. The first-order chi connectivity index (χ1) is 8.26. The second kappa shape index (κ2) is 5.73. The normalized spacial score (nSPS) is 17.3. The van der Waals surface area contributed by atoms with E-state index in [1.165, 1.54) is 6.42 Å². The average molecular weight is 256 g/mol. The highest BCUT2D eigenvalue weighted by Crippen LogP contribution is 2.36. The maximum atomic E-state index is 11.6. The molecule has 1 saturated carbocycles. The van der Waals surface area contributed by atoms with Crippen LogP contribution in [0.15, 0.2) is 9.95 Å². The van der Waals surface area contributed by atoms with E-state index in [0.29, 0.717) is 12.1 Å². The van der Waals surface area contributed by atoms with Gasteiger partial charge < -0.3 is 5.32 Å². The minimum absolute atomic E-state index is 0.0634. The van der Waals surface area contributed by atoms with Crippen molar-refractivity contribution in [1.29, 1.82) is 0 Å². The Morgan fingerprint density at radius 3 is 3.00 bits per heavy atom. The summed E-state index contributed by atoms with van der Waals surface area (Å²) in [5.74, 6) is 0.960. The van der Waals surface area contributed by atoms with Gasteiger partial charge in [0.1, 0.15) is 0 Å². The van der Waals surface area contributed by atoms with E-state index in [-0.39, 0.29) is 5.69 Å². The van der Waals surface area contributed by atoms with E-state index in [2.05, 4.69) is 22.4 Å². The van der Waals surface area contributed by atoms with E-state index in [1.54, 1.807) is 11.8 Å². The van der Waals surface area contributed by atoms with Gasteiger partial charge in [0, 0.05) is 17.8 Å². The number of hydrogen-bond acceptors (Lipinski definition) is 4. The molecule has 0 bridgehead atoms. The Hall–Kier alpha value is -0.750. The summed E-state index contributed by atoms with van der Waals surface area (Å²) in [6.45, 7) is 2.18. The van der Waals surface area contributed by atoms with Gasteiger partial charge in [0.25, 0.3) is 0 Å². The minimum Gasteiger partial charge on any atom is -0.316 e. The standard InChI is InChI=1S/C11H20N4OS/c1-3-4-8(12-2)7-17-11-14-13-10(16)15(11)9-5-6-9/h8-9,12H,3-7H2,1-2H3,(H,13,16). The van der Waals surface area contributed by atoms with Crippen LogP contribution in [0, 0.1) is 0 Å². The van der Waals surface area contributed by atoms with Gasteiger partial charge in [0.15, 0.2) is 5.16 Å². The van der Waals surface area contributed by atoms with Crippen molar-refractivity contribution >= 4 is 11.8 Å². The highest BCUT2D eigenvalue weighted by molar-refractivity contribution is 7.99. The molecule has 5 nitrogen and oxygen atoms in total. The van der Waals surface area contributed by atoms with Crippen molar-refractivity contribution in [2.45, 2.75) is 49.8 Å². The van der Waals surface area contributed by atoms with Crippen LogP contribution in [-0.2, 0) is 0 Å². The van der Waals surface area contributed by atoms with Crippen LogP contribution in [0.1, 0.15) is 38.6 Å². The van der Waals surface area contributed by atoms with E-state index in [1.807, 2.05) is 11.6 Å². The summed E-state index contributed by atoms with van der Waals surface area (Å²) >= 11 is 1.67. The van der Waals surface area contributed by atoms with Crippen LogP contribution in [0.4, 0.5) is 0 Å². The molecule has 6 heteroatoms. The molecule has 0 radical (unpaired) electrons. The molecule has 2 N–H and O–H groups in total. The highest BCUT2D eigenvalue weighted by atomic mass is 32.2. The molecule has 1 unspecified atom stereocenters. The molecule has 0 spiro atoms. The molecule has 1 aliphatic carbocycles. The second-order valence-corrected chi connectivity index (χ2v) is 5.48. The molecular formula is C11H20N4OS. The van der Waals surface area contributed by atoms with Gasteiger partial charge in [0.05, 0.1) is 0 Å². The lowest BCUT2D eigenvalue weighted by Crippen LogP contribution is -2.27. The number of aromatic nitrogens is 3. The molecule has 1 aliphatic rings. The molecule has 96 valence electrons.